The first-order chi connectivity index (χ1) is 15.8. The Labute approximate surface area is 190 Å². The summed E-state index contributed by atoms with van der Waals surface area (Å²) in [5.74, 6) is 0.981. The first kappa shape index (κ1) is 21.7. The molecule has 0 amide bonds. The number of anilines is 1. The van der Waals surface area contributed by atoms with Crippen molar-refractivity contribution in [3.63, 3.8) is 0 Å². The maximum atomic E-state index is 11.1. The van der Waals surface area contributed by atoms with E-state index < -0.39 is 16.4 Å². The Morgan fingerprint density at radius 1 is 1.18 bits per heavy atom. The van der Waals surface area contributed by atoms with Crippen LogP contribution in [0, 0.1) is 5.92 Å². The lowest BCUT2D eigenvalue weighted by Crippen LogP contribution is -2.31. The van der Waals surface area contributed by atoms with Crippen molar-refractivity contribution in [2.24, 2.45) is 11.1 Å². The number of hydrogen-bond acceptors (Lipinski definition) is 8. The Morgan fingerprint density at radius 2 is 1.97 bits per heavy atom. The lowest BCUT2D eigenvalue weighted by molar-refractivity contribution is 0.101. The lowest BCUT2D eigenvalue weighted by Gasteiger charge is -2.25. The lowest BCUT2D eigenvalue weighted by atomic mass is 10.0. The standard InChI is InChI=1S/C22H24N6O4S/c1-28(15-9-14(18(29)10-15)11-32-33(23,30)31)22-19-21(24-12-25-22)27-20(26-19)17-8-4-6-13-5-2-3-7-16(13)17/h2-8,12,14-15,18,29H,9-11H2,1H3,(H2,23,30,31)(H,24,25,26,27)/t14-,15+,18-/m0/s1. The van der Waals surface area contributed by atoms with Gasteiger partial charge in [0.2, 0.25) is 0 Å². The summed E-state index contributed by atoms with van der Waals surface area (Å²) in [6.45, 7) is -0.156. The SMILES string of the molecule is CN(c1ncnc2[nH]c(-c3cccc4ccccc34)nc12)[C@@H]1C[C@@H](COS(N)(=O)=O)[C@@H](O)C1. The molecule has 1 aliphatic carbocycles. The molecule has 4 N–H and O–H groups in total. The number of aromatic nitrogens is 4. The highest BCUT2D eigenvalue weighted by Gasteiger charge is 2.37. The molecule has 2 aromatic heterocycles. The van der Waals surface area contributed by atoms with E-state index in [0.717, 1.165) is 16.3 Å². The first-order valence-electron chi connectivity index (χ1n) is 10.6. The minimum Gasteiger partial charge on any atom is -0.393 e. The summed E-state index contributed by atoms with van der Waals surface area (Å²) >= 11 is 0. The molecule has 0 spiro atoms. The molecule has 0 saturated heterocycles. The van der Waals surface area contributed by atoms with Crippen LogP contribution in [0.1, 0.15) is 12.8 Å². The van der Waals surface area contributed by atoms with Crippen LogP contribution in [0.4, 0.5) is 5.82 Å². The zero-order valence-corrected chi connectivity index (χ0v) is 18.7. The number of aliphatic hydroxyl groups is 1. The molecule has 0 aliphatic heterocycles. The van der Waals surface area contributed by atoms with E-state index in [1.165, 1.54) is 6.33 Å². The van der Waals surface area contributed by atoms with Crippen molar-refractivity contribution in [3.05, 3.63) is 48.8 Å². The van der Waals surface area contributed by atoms with Gasteiger partial charge in [0, 0.05) is 24.6 Å². The summed E-state index contributed by atoms with van der Waals surface area (Å²) in [7, 11) is -2.17. The summed E-state index contributed by atoms with van der Waals surface area (Å²) < 4.78 is 26.9. The van der Waals surface area contributed by atoms with Crippen LogP contribution in [0.2, 0.25) is 0 Å². The van der Waals surface area contributed by atoms with Gasteiger partial charge in [0.25, 0.3) is 0 Å². The number of rotatable bonds is 6. The third-order valence-electron chi connectivity index (χ3n) is 6.27. The van der Waals surface area contributed by atoms with Crippen molar-refractivity contribution in [3.8, 4) is 11.4 Å². The normalized spacial score (nSPS) is 21.1. The Hall–Kier alpha value is -3.12. The molecule has 33 heavy (non-hydrogen) atoms. The smallest absolute Gasteiger partial charge is 0.333 e. The van der Waals surface area contributed by atoms with E-state index >= 15 is 0 Å². The van der Waals surface area contributed by atoms with Crippen molar-refractivity contribution in [2.45, 2.75) is 25.0 Å². The summed E-state index contributed by atoms with van der Waals surface area (Å²) in [5.41, 5.74) is 2.21. The van der Waals surface area contributed by atoms with Gasteiger partial charge < -0.3 is 15.0 Å². The van der Waals surface area contributed by atoms with Crippen LogP contribution in [-0.2, 0) is 14.5 Å². The first-order valence-corrected chi connectivity index (χ1v) is 12.0. The third-order valence-corrected chi connectivity index (χ3v) is 6.73. The molecule has 172 valence electrons. The Morgan fingerprint density at radius 3 is 2.79 bits per heavy atom. The highest BCUT2D eigenvalue weighted by molar-refractivity contribution is 7.84. The molecule has 0 radical (unpaired) electrons. The van der Waals surface area contributed by atoms with Gasteiger partial charge in [-0.05, 0) is 23.6 Å². The van der Waals surface area contributed by atoms with Gasteiger partial charge >= 0.3 is 10.3 Å². The average Bonchev–Trinajstić information content (AvgIpc) is 3.39. The fraction of sp³-hybridized carbons (Fsp3) is 0.318. The average molecular weight is 469 g/mol. The number of nitrogens with zero attached hydrogens (tertiary/aromatic N) is 4. The fourth-order valence-corrected chi connectivity index (χ4v) is 4.92. The van der Waals surface area contributed by atoms with E-state index in [0.29, 0.717) is 35.6 Å². The fourth-order valence-electron chi connectivity index (χ4n) is 4.56. The van der Waals surface area contributed by atoms with Crippen molar-refractivity contribution >= 4 is 38.1 Å². The number of benzene rings is 2. The van der Waals surface area contributed by atoms with E-state index in [1.54, 1.807) is 0 Å². The number of nitrogens with two attached hydrogens (primary N) is 1. The Balaban J connectivity index is 1.45. The predicted molar refractivity (Wildman–Crippen MR) is 125 cm³/mol. The molecule has 1 saturated carbocycles. The maximum Gasteiger partial charge on any atom is 0.333 e. The number of aromatic amines is 1. The van der Waals surface area contributed by atoms with E-state index in [4.69, 9.17) is 14.3 Å². The van der Waals surface area contributed by atoms with Gasteiger partial charge in [0.1, 0.15) is 12.2 Å². The van der Waals surface area contributed by atoms with Crippen molar-refractivity contribution in [1.82, 2.24) is 19.9 Å². The number of H-pyrrole nitrogens is 1. The number of imidazole rings is 1. The molecule has 2 aromatic carbocycles. The summed E-state index contributed by atoms with van der Waals surface area (Å²) in [6, 6.07) is 14.1. The van der Waals surface area contributed by atoms with Gasteiger partial charge in [-0.25, -0.2) is 20.1 Å². The number of nitrogens with one attached hydrogen (secondary N) is 1. The summed E-state index contributed by atoms with van der Waals surface area (Å²) in [5, 5.41) is 17.5. The monoisotopic (exact) mass is 468 g/mol. The van der Waals surface area contributed by atoms with Crippen molar-refractivity contribution in [2.75, 3.05) is 18.6 Å². The number of fused-ring (bicyclic) bond motifs is 2. The zero-order valence-electron chi connectivity index (χ0n) is 17.9. The van der Waals surface area contributed by atoms with Crippen LogP contribution in [0.5, 0.6) is 0 Å². The second-order valence-corrected chi connectivity index (χ2v) is 9.57. The van der Waals surface area contributed by atoms with E-state index in [9.17, 15) is 13.5 Å². The molecule has 10 nitrogen and oxygen atoms in total. The quantitative estimate of drug-likeness (QED) is 0.389. The molecule has 1 fully saturated rings. The summed E-state index contributed by atoms with van der Waals surface area (Å²) in [6.07, 6.45) is 1.74. The van der Waals surface area contributed by atoms with Gasteiger partial charge in [-0.15, -0.1) is 0 Å². The van der Waals surface area contributed by atoms with Crippen LogP contribution >= 0.6 is 0 Å². The van der Waals surface area contributed by atoms with E-state index in [2.05, 4.69) is 33.2 Å². The molecule has 5 rings (SSSR count). The van der Waals surface area contributed by atoms with Crippen molar-refractivity contribution < 1.29 is 17.7 Å². The Bertz CT molecular complexity index is 1420. The molecule has 1 aliphatic rings. The van der Waals surface area contributed by atoms with Crippen LogP contribution in [0.3, 0.4) is 0 Å². The van der Waals surface area contributed by atoms with Crippen LogP contribution in [-0.4, -0.2) is 59.3 Å². The maximum absolute atomic E-state index is 11.1. The van der Waals surface area contributed by atoms with Gasteiger partial charge in [0.15, 0.2) is 17.0 Å². The topological polar surface area (TPSA) is 147 Å². The highest BCUT2D eigenvalue weighted by Crippen LogP contribution is 2.34. The van der Waals surface area contributed by atoms with Crippen LogP contribution < -0.4 is 10.0 Å². The largest absolute Gasteiger partial charge is 0.393 e. The van der Waals surface area contributed by atoms with Gasteiger partial charge in [-0.3, -0.25) is 4.18 Å². The molecule has 0 bridgehead atoms. The van der Waals surface area contributed by atoms with Gasteiger partial charge in [-0.2, -0.15) is 8.42 Å². The van der Waals surface area contributed by atoms with Crippen LogP contribution in [0.15, 0.2) is 48.8 Å². The third kappa shape index (κ3) is 4.27. The highest BCUT2D eigenvalue weighted by atomic mass is 32.2. The molecular formula is C22H24N6O4S. The molecule has 2 heterocycles. The summed E-state index contributed by atoms with van der Waals surface area (Å²) in [4.78, 5) is 18.9. The molecule has 4 aromatic rings. The van der Waals surface area contributed by atoms with Crippen molar-refractivity contribution in [1.29, 1.82) is 0 Å². The molecule has 0 unspecified atom stereocenters. The Kier molecular flexibility index (Phi) is 5.49. The molecule has 3 atom stereocenters. The molecule has 11 heteroatoms. The predicted octanol–water partition coefficient (Wildman–Crippen LogP) is 1.97. The minimum atomic E-state index is -4.05. The van der Waals surface area contributed by atoms with E-state index in [-0.39, 0.29) is 18.6 Å². The minimum absolute atomic E-state index is 0.0788. The second kappa shape index (κ2) is 8.34. The van der Waals surface area contributed by atoms with Gasteiger partial charge in [-0.1, -0.05) is 42.5 Å². The zero-order chi connectivity index (χ0) is 23.2. The second-order valence-electron chi connectivity index (χ2n) is 8.35. The van der Waals surface area contributed by atoms with Crippen LogP contribution in [0.25, 0.3) is 33.3 Å². The van der Waals surface area contributed by atoms with Gasteiger partial charge in [0.05, 0.1) is 12.7 Å². The number of hydrogen-bond donors (Lipinski definition) is 3. The number of aliphatic hydroxyl groups excluding tert-OH is 1. The molecular weight excluding hydrogens is 444 g/mol. The van der Waals surface area contributed by atoms with E-state index in [1.807, 2.05) is 36.2 Å².